The van der Waals surface area contributed by atoms with E-state index in [4.69, 9.17) is 4.74 Å². The van der Waals surface area contributed by atoms with E-state index in [2.05, 4.69) is 10.4 Å². The van der Waals surface area contributed by atoms with Gasteiger partial charge in [-0.3, -0.25) is 9.48 Å². The van der Waals surface area contributed by atoms with Gasteiger partial charge in [-0.15, -0.1) is 0 Å². The molecular weight excluding hydrogens is 358 g/mol. The zero-order chi connectivity index (χ0) is 20.1. The number of aliphatic carboxylic acids is 1. The summed E-state index contributed by atoms with van der Waals surface area (Å²) in [5, 5.41) is 16.3. The maximum atomic E-state index is 12.5. The molecule has 0 fully saturated rings. The van der Waals surface area contributed by atoms with Gasteiger partial charge in [0, 0.05) is 11.8 Å². The average Bonchev–Trinajstić information content (AvgIpc) is 3.11. The summed E-state index contributed by atoms with van der Waals surface area (Å²) in [6, 6.07) is 12.4. The van der Waals surface area contributed by atoms with Crippen LogP contribution in [0.2, 0.25) is 0 Å². The van der Waals surface area contributed by atoms with Crippen LogP contribution in [0, 0.1) is 6.92 Å². The summed E-state index contributed by atoms with van der Waals surface area (Å²) in [5.74, 6) is -0.976. The van der Waals surface area contributed by atoms with Crippen LogP contribution in [0.15, 0.2) is 60.9 Å². The molecule has 3 aromatic rings. The highest BCUT2D eigenvalue weighted by Gasteiger charge is 2.22. The first-order valence-corrected chi connectivity index (χ1v) is 8.72. The van der Waals surface area contributed by atoms with Crippen molar-refractivity contribution in [2.75, 3.05) is 7.11 Å². The molecule has 0 aliphatic rings. The molecule has 0 aliphatic carbocycles. The largest absolute Gasteiger partial charge is 0.497 e. The lowest BCUT2D eigenvalue weighted by atomic mass is 10.1. The Morgan fingerprint density at radius 3 is 2.36 bits per heavy atom. The van der Waals surface area contributed by atoms with Gasteiger partial charge in [-0.1, -0.05) is 24.3 Å². The fourth-order valence-corrected chi connectivity index (χ4v) is 2.80. The molecule has 1 heterocycles. The van der Waals surface area contributed by atoms with Crippen molar-refractivity contribution >= 4 is 11.9 Å². The minimum Gasteiger partial charge on any atom is -0.497 e. The summed E-state index contributed by atoms with van der Waals surface area (Å²) < 4.78 is 6.89. The number of carboxylic acid groups (broad SMARTS) is 1. The lowest BCUT2D eigenvalue weighted by molar-refractivity contribution is -0.139. The van der Waals surface area contributed by atoms with Gasteiger partial charge in [0.2, 0.25) is 0 Å². The van der Waals surface area contributed by atoms with Gasteiger partial charge >= 0.3 is 5.97 Å². The molecule has 1 aromatic heterocycles. The number of rotatable bonds is 7. The molecule has 0 unspecified atom stereocenters. The minimum absolute atomic E-state index is 0.389. The lowest BCUT2D eigenvalue weighted by Crippen LogP contribution is -2.33. The Balaban J connectivity index is 1.70. The molecule has 7 nitrogen and oxygen atoms in total. The van der Waals surface area contributed by atoms with E-state index in [1.165, 1.54) is 7.11 Å². The number of nitrogens with zero attached hydrogens (tertiary/aromatic N) is 2. The Morgan fingerprint density at radius 1 is 1.14 bits per heavy atom. The number of carbonyl (C=O) groups excluding carboxylic acids is 1. The molecule has 0 aliphatic heterocycles. The van der Waals surface area contributed by atoms with Crippen LogP contribution in [0.5, 0.6) is 5.75 Å². The molecule has 7 heteroatoms. The van der Waals surface area contributed by atoms with E-state index >= 15 is 0 Å². The number of carbonyl (C=O) groups is 2. The molecule has 3 rings (SSSR count). The van der Waals surface area contributed by atoms with Gasteiger partial charge in [-0.05, 0) is 47.9 Å². The number of amides is 1. The molecule has 0 radical (unpaired) electrons. The molecule has 2 aromatic carbocycles. The molecule has 0 saturated heterocycles. The Kier molecular flexibility index (Phi) is 5.74. The Labute approximate surface area is 162 Å². The maximum absolute atomic E-state index is 12.5. The van der Waals surface area contributed by atoms with Crippen molar-refractivity contribution < 1.29 is 19.4 Å². The van der Waals surface area contributed by atoms with Crippen molar-refractivity contribution in [3.63, 3.8) is 0 Å². The smallest absolute Gasteiger partial charge is 0.330 e. The predicted octanol–water partition coefficient (Wildman–Crippen LogP) is 2.80. The zero-order valence-corrected chi connectivity index (χ0v) is 15.6. The minimum atomic E-state index is -1.15. The van der Waals surface area contributed by atoms with E-state index in [9.17, 15) is 14.7 Å². The summed E-state index contributed by atoms with van der Waals surface area (Å²) in [6.45, 7) is 2.57. The summed E-state index contributed by atoms with van der Waals surface area (Å²) in [5.41, 5.74) is 2.92. The summed E-state index contributed by atoms with van der Waals surface area (Å²) in [6.07, 6.45) is 3.72. The fourth-order valence-electron chi connectivity index (χ4n) is 2.80. The third kappa shape index (κ3) is 4.56. The van der Waals surface area contributed by atoms with Crippen LogP contribution in [0.3, 0.4) is 0 Å². The second kappa shape index (κ2) is 8.39. The first kappa shape index (κ1) is 19.2. The van der Waals surface area contributed by atoms with Crippen molar-refractivity contribution in [2.45, 2.75) is 19.5 Å². The molecule has 144 valence electrons. The monoisotopic (exact) mass is 379 g/mol. The van der Waals surface area contributed by atoms with Gasteiger partial charge in [0.15, 0.2) is 6.04 Å². The Hall–Kier alpha value is -3.61. The van der Waals surface area contributed by atoms with E-state index in [-0.39, 0.29) is 0 Å². The van der Waals surface area contributed by atoms with Crippen molar-refractivity contribution in [2.24, 2.45) is 0 Å². The van der Waals surface area contributed by atoms with Crippen molar-refractivity contribution in [1.82, 2.24) is 15.1 Å². The Morgan fingerprint density at radius 2 is 1.82 bits per heavy atom. The van der Waals surface area contributed by atoms with Crippen LogP contribution in [0.25, 0.3) is 0 Å². The lowest BCUT2D eigenvalue weighted by Gasteiger charge is -2.15. The summed E-state index contributed by atoms with van der Waals surface area (Å²) in [7, 11) is 1.53. The molecule has 1 amide bonds. The molecule has 0 bridgehead atoms. The highest BCUT2D eigenvalue weighted by Crippen LogP contribution is 2.19. The number of hydrogen-bond acceptors (Lipinski definition) is 4. The van der Waals surface area contributed by atoms with E-state index < -0.39 is 17.9 Å². The zero-order valence-electron chi connectivity index (χ0n) is 15.6. The normalized spacial score (nSPS) is 11.6. The van der Waals surface area contributed by atoms with Crippen molar-refractivity contribution in [3.05, 3.63) is 83.2 Å². The van der Waals surface area contributed by atoms with Crippen LogP contribution < -0.4 is 10.1 Å². The molecule has 28 heavy (non-hydrogen) atoms. The van der Waals surface area contributed by atoms with Gasteiger partial charge in [-0.2, -0.15) is 5.10 Å². The molecule has 1 atom stereocenters. The van der Waals surface area contributed by atoms with Gasteiger partial charge in [-0.25, -0.2) is 4.79 Å². The van der Waals surface area contributed by atoms with Crippen LogP contribution in [-0.2, 0) is 11.3 Å². The number of carboxylic acids is 1. The van der Waals surface area contributed by atoms with E-state index in [1.807, 2.05) is 29.9 Å². The highest BCUT2D eigenvalue weighted by molar-refractivity contribution is 5.96. The average molecular weight is 379 g/mol. The van der Waals surface area contributed by atoms with Gasteiger partial charge in [0.25, 0.3) is 5.91 Å². The Bertz CT molecular complexity index is 962. The number of methoxy groups -OCH3 is 1. The maximum Gasteiger partial charge on any atom is 0.330 e. The summed E-state index contributed by atoms with van der Waals surface area (Å²) in [4.78, 5) is 24.1. The molecule has 2 N–H and O–H groups in total. The second-order valence-electron chi connectivity index (χ2n) is 6.43. The first-order chi connectivity index (χ1) is 13.5. The van der Waals surface area contributed by atoms with Gasteiger partial charge in [0.05, 0.1) is 19.9 Å². The second-order valence-corrected chi connectivity index (χ2v) is 6.43. The molecule has 0 spiro atoms. The topological polar surface area (TPSA) is 93.5 Å². The molecule has 0 saturated carbocycles. The van der Waals surface area contributed by atoms with E-state index in [1.54, 1.807) is 42.6 Å². The number of hydrogen-bond donors (Lipinski definition) is 2. The van der Waals surface area contributed by atoms with Gasteiger partial charge < -0.3 is 15.2 Å². The third-order valence-electron chi connectivity index (χ3n) is 4.29. The number of ether oxygens (including phenoxy) is 1. The standard InChI is InChI=1S/C21H21N3O4/c1-14-11-22-24(12-14)13-15-3-5-17(6-4-15)20(25)23-19(21(26)27)16-7-9-18(28-2)10-8-16/h3-12,19H,13H2,1-2H3,(H,23,25)(H,26,27)/t19-/m1/s1. The number of aryl methyl sites for hydroxylation is 1. The quantitative estimate of drug-likeness (QED) is 0.658. The van der Waals surface area contributed by atoms with E-state index in [0.29, 0.717) is 23.4 Å². The fraction of sp³-hybridized carbons (Fsp3) is 0.190. The summed E-state index contributed by atoms with van der Waals surface area (Å²) >= 11 is 0. The number of aromatic nitrogens is 2. The number of benzene rings is 2. The van der Waals surface area contributed by atoms with Crippen LogP contribution in [0.4, 0.5) is 0 Å². The van der Waals surface area contributed by atoms with Gasteiger partial charge in [0.1, 0.15) is 5.75 Å². The van der Waals surface area contributed by atoms with Crippen LogP contribution in [-0.4, -0.2) is 33.9 Å². The number of nitrogens with one attached hydrogen (secondary N) is 1. The van der Waals surface area contributed by atoms with Crippen molar-refractivity contribution in [1.29, 1.82) is 0 Å². The van der Waals surface area contributed by atoms with E-state index in [0.717, 1.165) is 11.1 Å². The highest BCUT2D eigenvalue weighted by atomic mass is 16.5. The van der Waals surface area contributed by atoms with Crippen LogP contribution >= 0.6 is 0 Å². The molecular formula is C21H21N3O4. The first-order valence-electron chi connectivity index (χ1n) is 8.72. The SMILES string of the molecule is COc1ccc([C@@H](NC(=O)c2ccc(Cn3cc(C)cn3)cc2)C(=O)O)cc1. The third-order valence-corrected chi connectivity index (χ3v) is 4.29. The van der Waals surface area contributed by atoms with Crippen LogP contribution in [0.1, 0.15) is 33.1 Å². The van der Waals surface area contributed by atoms with Crippen molar-refractivity contribution in [3.8, 4) is 5.75 Å². The predicted molar refractivity (Wildman–Crippen MR) is 103 cm³/mol.